The van der Waals surface area contributed by atoms with Crippen LogP contribution >= 0.6 is 0 Å². The van der Waals surface area contributed by atoms with Crippen molar-refractivity contribution in [2.45, 2.75) is 45.0 Å². The van der Waals surface area contributed by atoms with Gasteiger partial charge in [0.1, 0.15) is 6.10 Å². The van der Waals surface area contributed by atoms with E-state index in [0.29, 0.717) is 12.5 Å². The van der Waals surface area contributed by atoms with Crippen molar-refractivity contribution in [3.05, 3.63) is 0 Å². The van der Waals surface area contributed by atoms with Crippen molar-refractivity contribution in [2.24, 2.45) is 17.1 Å². The minimum Gasteiger partial charge on any atom is -0.387 e. The van der Waals surface area contributed by atoms with E-state index < -0.39 is 12.4 Å². The van der Waals surface area contributed by atoms with Crippen LogP contribution in [0.5, 0.6) is 0 Å². The fourth-order valence-corrected chi connectivity index (χ4v) is 2.84. The summed E-state index contributed by atoms with van der Waals surface area (Å²) in [5, 5.41) is 10.3. The quantitative estimate of drug-likeness (QED) is 0.672. The maximum absolute atomic E-state index is 10.3. The SMILES string of the molecule is CCC1CCC(CN)(C(O)C(OC)OC)C1. The third kappa shape index (κ3) is 2.56. The summed E-state index contributed by atoms with van der Waals surface area (Å²) < 4.78 is 10.3. The average Bonchev–Trinajstić information content (AvgIpc) is 2.75. The number of hydrogen-bond donors (Lipinski definition) is 2. The molecule has 1 fully saturated rings. The van der Waals surface area contributed by atoms with Crippen molar-refractivity contribution in [1.82, 2.24) is 0 Å². The van der Waals surface area contributed by atoms with Gasteiger partial charge in [0.05, 0.1) is 0 Å². The van der Waals surface area contributed by atoms with E-state index in [4.69, 9.17) is 15.2 Å². The Hall–Kier alpha value is -0.160. The van der Waals surface area contributed by atoms with E-state index in [1.54, 1.807) is 14.2 Å². The average molecular weight is 231 g/mol. The molecular weight excluding hydrogens is 206 g/mol. The Morgan fingerprint density at radius 1 is 1.44 bits per heavy atom. The van der Waals surface area contributed by atoms with E-state index in [0.717, 1.165) is 25.7 Å². The van der Waals surface area contributed by atoms with Crippen LogP contribution in [-0.4, -0.2) is 38.3 Å². The van der Waals surface area contributed by atoms with Crippen LogP contribution in [0.15, 0.2) is 0 Å². The van der Waals surface area contributed by atoms with Gasteiger partial charge in [-0.15, -0.1) is 0 Å². The van der Waals surface area contributed by atoms with Crippen molar-refractivity contribution < 1.29 is 14.6 Å². The molecular formula is C12H25NO3. The smallest absolute Gasteiger partial charge is 0.183 e. The lowest BCUT2D eigenvalue weighted by atomic mass is 9.79. The summed E-state index contributed by atoms with van der Waals surface area (Å²) in [5.41, 5.74) is 5.64. The Kier molecular flexibility index (Phi) is 5.18. The molecule has 0 amide bonds. The minimum absolute atomic E-state index is 0.225. The van der Waals surface area contributed by atoms with Crippen molar-refractivity contribution in [3.8, 4) is 0 Å². The standard InChI is InChI=1S/C12H25NO3/c1-4-9-5-6-12(7-9,8-13)10(14)11(15-2)16-3/h9-11,14H,4-8,13H2,1-3H3. The molecule has 0 radical (unpaired) electrons. The predicted octanol–water partition coefficient (Wildman–Crippen LogP) is 1.12. The van der Waals surface area contributed by atoms with Gasteiger partial charge in [-0.05, 0) is 25.2 Å². The molecule has 0 aromatic heterocycles. The van der Waals surface area contributed by atoms with Gasteiger partial charge in [0, 0.05) is 26.2 Å². The van der Waals surface area contributed by atoms with Crippen LogP contribution < -0.4 is 5.73 Å². The zero-order chi connectivity index (χ0) is 12.2. The molecule has 4 heteroatoms. The lowest BCUT2D eigenvalue weighted by Crippen LogP contribution is -2.48. The number of methoxy groups -OCH3 is 2. The topological polar surface area (TPSA) is 64.7 Å². The number of hydrogen-bond acceptors (Lipinski definition) is 4. The van der Waals surface area contributed by atoms with E-state index >= 15 is 0 Å². The lowest BCUT2D eigenvalue weighted by Gasteiger charge is -2.36. The summed E-state index contributed by atoms with van der Waals surface area (Å²) in [5.74, 6) is 0.674. The number of nitrogens with two attached hydrogens (primary N) is 1. The van der Waals surface area contributed by atoms with Crippen LogP contribution in [0, 0.1) is 11.3 Å². The molecule has 1 aliphatic carbocycles. The van der Waals surface area contributed by atoms with Crippen LogP contribution in [0.2, 0.25) is 0 Å². The minimum atomic E-state index is -0.635. The summed E-state index contributed by atoms with van der Waals surface area (Å²) in [6.45, 7) is 2.68. The Labute approximate surface area is 98.1 Å². The first-order valence-electron chi connectivity index (χ1n) is 6.07. The Morgan fingerprint density at radius 3 is 2.44 bits per heavy atom. The summed E-state index contributed by atoms with van der Waals surface area (Å²) in [6.07, 6.45) is 3.03. The first-order chi connectivity index (χ1) is 7.63. The lowest BCUT2D eigenvalue weighted by molar-refractivity contribution is -0.196. The molecule has 1 saturated carbocycles. The Bertz CT molecular complexity index is 208. The Morgan fingerprint density at radius 2 is 2.06 bits per heavy atom. The fraction of sp³-hybridized carbons (Fsp3) is 1.00. The molecule has 4 nitrogen and oxygen atoms in total. The highest BCUT2D eigenvalue weighted by atomic mass is 16.7. The normalized spacial score (nSPS) is 32.2. The van der Waals surface area contributed by atoms with Crippen LogP contribution in [0.3, 0.4) is 0 Å². The second-order valence-corrected chi connectivity index (χ2v) is 4.87. The number of aliphatic hydroxyl groups excluding tert-OH is 1. The summed E-state index contributed by atoms with van der Waals surface area (Å²) in [6, 6.07) is 0. The van der Waals surface area contributed by atoms with Gasteiger partial charge in [-0.2, -0.15) is 0 Å². The highest BCUT2D eigenvalue weighted by Crippen LogP contribution is 2.46. The van der Waals surface area contributed by atoms with Crippen molar-refractivity contribution >= 4 is 0 Å². The van der Waals surface area contributed by atoms with Crippen LogP contribution in [-0.2, 0) is 9.47 Å². The van der Waals surface area contributed by atoms with E-state index in [2.05, 4.69) is 6.92 Å². The van der Waals surface area contributed by atoms with Crippen molar-refractivity contribution in [1.29, 1.82) is 0 Å². The number of ether oxygens (including phenoxy) is 2. The molecule has 1 rings (SSSR count). The maximum atomic E-state index is 10.3. The second kappa shape index (κ2) is 5.96. The molecule has 0 aliphatic heterocycles. The van der Waals surface area contributed by atoms with Gasteiger partial charge in [-0.3, -0.25) is 0 Å². The predicted molar refractivity (Wildman–Crippen MR) is 62.9 cm³/mol. The monoisotopic (exact) mass is 231 g/mol. The van der Waals surface area contributed by atoms with Gasteiger partial charge < -0.3 is 20.3 Å². The van der Waals surface area contributed by atoms with E-state index in [-0.39, 0.29) is 5.41 Å². The summed E-state index contributed by atoms with van der Waals surface area (Å²) in [7, 11) is 3.10. The third-order valence-corrected chi connectivity index (χ3v) is 4.08. The van der Waals surface area contributed by atoms with Crippen molar-refractivity contribution in [3.63, 3.8) is 0 Å². The van der Waals surface area contributed by atoms with Crippen LogP contribution in [0.4, 0.5) is 0 Å². The molecule has 3 unspecified atom stereocenters. The molecule has 96 valence electrons. The van der Waals surface area contributed by atoms with E-state index in [1.165, 1.54) is 0 Å². The van der Waals surface area contributed by atoms with Gasteiger partial charge >= 0.3 is 0 Å². The summed E-state index contributed by atoms with van der Waals surface area (Å²) in [4.78, 5) is 0. The van der Waals surface area contributed by atoms with Gasteiger partial charge in [0.15, 0.2) is 6.29 Å². The second-order valence-electron chi connectivity index (χ2n) is 4.87. The largest absolute Gasteiger partial charge is 0.387 e. The fourth-order valence-electron chi connectivity index (χ4n) is 2.84. The molecule has 1 aliphatic rings. The molecule has 16 heavy (non-hydrogen) atoms. The van der Waals surface area contributed by atoms with Crippen molar-refractivity contribution in [2.75, 3.05) is 20.8 Å². The molecule has 0 heterocycles. The molecule has 0 saturated heterocycles. The Balaban J connectivity index is 2.72. The maximum Gasteiger partial charge on any atom is 0.183 e. The summed E-state index contributed by atoms with van der Waals surface area (Å²) >= 11 is 0. The van der Waals surface area contributed by atoms with Gasteiger partial charge in [0.2, 0.25) is 0 Å². The van der Waals surface area contributed by atoms with E-state index in [1.807, 2.05) is 0 Å². The number of aliphatic hydroxyl groups is 1. The van der Waals surface area contributed by atoms with E-state index in [9.17, 15) is 5.11 Å². The van der Waals surface area contributed by atoms with Gasteiger partial charge in [-0.25, -0.2) is 0 Å². The molecule has 0 spiro atoms. The molecule has 3 N–H and O–H groups in total. The van der Waals surface area contributed by atoms with Crippen LogP contribution in [0.25, 0.3) is 0 Å². The number of rotatable bonds is 6. The highest BCUT2D eigenvalue weighted by Gasteiger charge is 2.46. The zero-order valence-electron chi connectivity index (χ0n) is 10.6. The van der Waals surface area contributed by atoms with Gasteiger partial charge in [-0.1, -0.05) is 13.3 Å². The molecule has 0 aromatic carbocycles. The highest BCUT2D eigenvalue weighted by molar-refractivity contribution is 4.96. The first-order valence-corrected chi connectivity index (χ1v) is 6.07. The zero-order valence-corrected chi connectivity index (χ0v) is 10.6. The molecule has 0 bridgehead atoms. The van der Waals surface area contributed by atoms with Crippen LogP contribution in [0.1, 0.15) is 32.6 Å². The van der Waals surface area contributed by atoms with Gasteiger partial charge in [0.25, 0.3) is 0 Å². The first kappa shape index (κ1) is 13.9. The third-order valence-electron chi connectivity index (χ3n) is 4.08. The molecule has 0 aromatic rings. The molecule has 3 atom stereocenters.